The van der Waals surface area contributed by atoms with E-state index in [4.69, 9.17) is 22.4 Å². The van der Waals surface area contributed by atoms with Crippen molar-refractivity contribution in [3.8, 4) is 11.5 Å². The quantitative estimate of drug-likeness (QED) is 0.361. The summed E-state index contributed by atoms with van der Waals surface area (Å²) in [4.78, 5) is 12.9. The highest BCUT2D eigenvalue weighted by molar-refractivity contribution is 6.54. The third-order valence-electron chi connectivity index (χ3n) is 3.59. The van der Waals surface area contributed by atoms with Crippen molar-refractivity contribution >= 4 is 14.8 Å². The van der Waals surface area contributed by atoms with Crippen LogP contribution in [0.15, 0.2) is 61.2 Å². The first-order valence-corrected chi connectivity index (χ1v) is 9.54. The van der Waals surface area contributed by atoms with Gasteiger partial charge in [0.05, 0.1) is 5.56 Å². The maximum absolute atomic E-state index is 12.9. The molecule has 0 aliphatic heterocycles. The molecule has 0 atom stereocenters. The van der Waals surface area contributed by atoms with Crippen molar-refractivity contribution in [2.45, 2.75) is 0 Å². The number of hydrogen-bond donors (Lipinski definition) is 0. The molecule has 0 fully saturated rings. The van der Waals surface area contributed by atoms with Gasteiger partial charge in [0, 0.05) is 33.0 Å². The Morgan fingerprint density at radius 3 is 2.27 bits per heavy atom. The fourth-order valence-electron chi connectivity index (χ4n) is 2.27. The molecule has 0 N–H and O–H groups in total. The van der Waals surface area contributed by atoms with E-state index < -0.39 is 9.05 Å². The van der Waals surface area contributed by atoms with Crippen LogP contribution < -0.4 is 9.16 Å². The zero-order chi connectivity index (χ0) is 19.0. The summed E-state index contributed by atoms with van der Waals surface area (Å²) in [6, 6.07) is 13.9. The summed E-state index contributed by atoms with van der Waals surface area (Å²) >= 11 is 0. The third kappa shape index (κ3) is 4.58. The molecule has 6 nitrogen and oxygen atoms in total. The first-order chi connectivity index (χ1) is 12.6. The Bertz CT molecular complexity index is 735. The molecule has 0 heterocycles. The highest BCUT2D eigenvalue weighted by Crippen LogP contribution is 2.30. The molecule has 0 bridgehead atoms. The molecule has 0 spiro atoms. The van der Waals surface area contributed by atoms with E-state index in [1.165, 1.54) is 21.3 Å². The summed E-state index contributed by atoms with van der Waals surface area (Å²) in [6.07, 6.45) is 1.63. The number of benzene rings is 2. The fraction of sp³-hybridized carbons (Fsp3) is 0.211. The molecule has 0 saturated carbocycles. The van der Waals surface area contributed by atoms with Gasteiger partial charge in [0.2, 0.25) is 0 Å². The lowest BCUT2D eigenvalue weighted by Gasteiger charge is -2.25. The third-order valence-corrected chi connectivity index (χ3v) is 5.56. The van der Waals surface area contributed by atoms with E-state index in [1.807, 2.05) is 6.07 Å². The average molecular weight is 374 g/mol. The Hall–Kier alpha value is -2.45. The maximum atomic E-state index is 12.9. The molecular weight excluding hydrogens is 352 g/mol. The lowest BCUT2D eigenvalue weighted by Crippen LogP contribution is -2.49. The largest absolute Gasteiger partial charge is 0.748 e. The first kappa shape index (κ1) is 19.9. The number of carbonyl (C=O) groups is 1. The maximum Gasteiger partial charge on any atom is 0.748 e. The van der Waals surface area contributed by atoms with E-state index in [1.54, 1.807) is 48.5 Å². The van der Waals surface area contributed by atoms with Crippen molar-refractivity contribution in [3.63, 3.8) is 0 Å². The van der Waals surface area contributed by atoms with Crippen LogP contribution in [0, 0.1) is 0 Å². The monoisotopic (exact) mass is 374 g/mol. The molecule has 0 aliphatic carbocycles. The second-order valence-electron chi connectivity index (χ2n) is 5.17. The summed E-state index contributed by atoms with van der Waals surface area (Å²) < 4.78 is 27.3. The molecule has 7 heteroatoms. The Balaban J connectivity index is 2.46. The number of ether oxygens (including phenoxy) is 1. The molecule has 2 aromatic rings. The second kappa shape index (κ2) is 9.30. The van der Waals surface area contributed by atoms with Crippen LogP contribution in [-0.2, 0) is 13.3 Å². The van der Waals surface area contributed by atoms with Gasteiger partial charge in [-0.1, -0.05) is 43.0 Å². The summed E-state index contributed by atoms with van der Waals surface area (Å²) in [6.45, 7) is 3.95. The molecule has 0 aromatic heterocycles. The molecule has 26 heavy (non-hydrogen) atoms. The van der Waals surface area contributed by atoms with E-state index in [2.05, 4.69) is 6.58 Å². The van der Waals surface area contributed by atoms with Crippen molar-refractivity contribution in [1.29, 1.82) is 0 Å². The van der Waals surface area contributed by atoms with Gasteiger partial charge in [0.15, 0.2) is 5.78 Å². The molecule has 2 aromatic carbocycles. The van der Waals surface area contributed by atoms with Crippen LogP contribution in [0.5, 0.6) is 11.5 Å². The van der Waals surface area contributed by atoms with E-state index >= 15 is 0 Å². The lowest BCUT2D eigenvalue weighted by molar-refractivity contribution is 0.0506. The van der Waals surface area contributed by atoms with Crippen molar-refractivity contribution in [2.24, 2.45) is 0 Å². The van der Waals surface area contributed by atoms with Gasteiger partial charge in [-0.15, -0.1) is 0 Å². The van der Waals surface area contributed by atoms with Gasteiger partial charge in [-0.05, 0) is 12.1 Å². The minimum atomic E-state index is -3.42. The first-order valence-electron chi connectivity index (χ1n) is 7.91. The average Bonchev–Trinajstić information content (AvgIpc) is 2.71. The highest BCUT2D eigenvalue weighted by atomic mass is 28.4. The second-order valence-corrected chi connectivity index (χ2v) is 7.60. The van der Waals surface area contributed by atoms with Gasteiger partial charge in [0.1, 0.15) is 18.1 Å². The molecule has 0 saturated heterocycles. The van der Waals surface area contributed by atoms with Crippen LogP contribution in [-0.4, -0.2) is 42.8 Å². The number of rotatable bonds is 10. The Kier molecular flexibility index (Phi) is 7.11. The van der Waals surface area contributed by atoms with Crippen LogP contribution in [0.1, 0.15) is 15.9 Å². The van der Waals surface area contributed by atoms with Gasteiger partial charge in [0.25, 0.3) is 0 Å². The zero-order valence-electron chi connectivity index (χ0n) is 15.1. The Morgan fingerprint density at radius 1 is 1.04 bits per heavy atom. The Labute approximate surface area is 154 Å². The summed E-state index contributed by atoms with van der Waals surface area (Å²) in [5, 5.41) is 0. The predicted octanol–water partition coefficient (Wildman–Crippen LogP) is 3.24. The van der Waals surface area contributed by atoms with Gasteiger partial charge in [-0.2, -0.15) is 0 Å². The fourth-order valence-corrected chi connectivity index (χ4v) is 3.46. The zero-order valence-corrected chi connectivity index (χ0v) is 16.1. The van der Waals surface area contributed by atoms with Crippen molar-refractivity contribution < 1.29 is 27.2 Å². The van der Waals surface area contributed by atoms with Crippen molar-refractivity contribution in [2.75, 3.05) is 27.9 Å². The van der Waals surface area contributed by atoms with E-state index in [0.717, 1.165) is 0 Å². The number of ketones is 1. The Morgan fingerprint density at radius 2 is 1.69 bits per heavy atom. The normalized spacial score (nSPS) is 11.0. The molecule has 2 rings (SSSR count). The molecule has 0 amide bonds. The van der Waals surface area contributed by atoms with Crippen LogP contribution in [0.4, 0.5) is 0 Å². The topological polar surface area (TPSA) is 63.2 Å². The van der Waals surface area contributed by atoms with Crippen molar-refractivity contribution in [3.05, 3.63) is 72.3 Å². The number of carbonyl (C=O) groups excluding carboxylic acids is 1. The van der Waals surface area contributed by atoms with Crippen LogP contribution >= 0.6 is 0 Å². The summed E-state index contributed by atoms with van der Waals surface area (Å²) in [5.74, 6) is 0.593. The van der Waals surface area contributed by atoms with E-state index in [-0.39, 0.29) is 11.5 Å². The molecular formula is C19H22O6Si. The van der Waals surface area contributed by atoms with Crippen molar-refractivity contribution in [1.82, 2.24) is 0 Å². The number of hydrogen-bond acceptors (Lipinski definition) is 6. The van der Waals surface area contributed by atoms with Crippen LogP contribution in [0.25, 0.3) is 0 Å². The van der Waals surface area contributed by atoms with Crippen LogP contribution in [0.3, 0.4) is 0 Å². The summed E-state index contributed by atoms with van der Waals surface area (Å²) in [7, 11) is 0.861. The molecule has 138 valence electrons. The minimum Gasteiger partial charge on any atom is -0.489 e. The van der Waals surface area contributed by atoms with Gasteiger partial charge in [-0.3, -0.25) is 4.79 Å². The predicted molar refractivity (Wildman–Crippen MR) is 99.4 cm³/mol. The highest BCUT2D eigenvalue weighted by Gasteiger charge is 2.46. The lowest BCUT2D eigenvalue weighted by atomic mass is 10.0. The molecule has 0 aliphatic rings. The van der Waals surface area contributed by atoms with E-state index in [0.29, 0.717) is 23.5 Å². The SMILES string of the molecule is C=CCOc1ccc(C(=O)c2ccccc2)c(O[Si](OC)(OC)OC)c1. The van der Waals surface area contributed by atoms with Crippen LogP contribution in [0.2, 0.25) is 0 Å². The smallest absolute Gasteiger partial charge is 0.489 e. The summed E-state index contributed by atoms with van der Waals surface area (Å²) in [5.41, 5.74) is 0.891. The molecule has 0 unspecified atom stereocenters. The van der Waals surface area contributed by atoms with E-state index in [9.17, 15) is 4.79 Å². The van der Waals surface area contributed by atoms with Gasteiger partial charge >= 0.3 is 9.05 Å². The standard InChI is InChI=1S/C19H22O6Si/c1-5-13-24-16-11-12-17(19(20)15-9-7-6-8-10-15)18(14-16)25-26(21-2,22-3)23-4/h5-12,14H,1,13H2,2-4H3. The minimum absolute atomic E-state index is 0.193. The van der Waals surface area contributed by atoms with Gasteiger partial charge in [-0.25, -0.2) is 0 Å². The molecule has 0 radical (unpaired) electrons. The van der Waals surface area contributed by atoms with Gasteiger partial charge < -0.3 is 22.4 Å².